The number of carbonyl (C=O) groups excluding carboxylic acids is 2. The highest BCUT2D eigenvalue weighted by atomic mass is 19.4. The molecular formula is C21H24F3N3O4. The molecular weight excluding hydrogens is 415 g/mol. The van der Waals surface area contributed by atoms with E-state index in [-0.39, 0.29) is 23.2 Å². The highest BCUT2D eigenvalue weighted by molar-refractivity contribution is 5.92. The van der Waals surface area contributed by atoms with E-state index in [9.17, 15) is 22.8 Å². The van der Waals surface area contributed by atoms with Gasteiger partial charge in [-0.2, -0.15) is 18.3 Å². The molecule has 0 aliphatic heterocycles. The summed E-state index contributed by atoms with van der Waals surface area (Å²) in [5, 5.41) is 6.86. The Morgan fingerprint density at radius 1 is 1.19 bits per heavy atom. The van der Waals surface area contributed by atoms with Crippen LogP contribution in [0.25, 0.3) is 5.69 Å². The van der Waals surface area contributed by atoms with Gasteiger partial charge in [0.2, 0.25) is 5.69 Å². The van der Waals surface area contributed by atoms with Crippen molar-refractivity contribution in [3.63, 3.8) is 0 Å². The van der Waals surface area contributed by atoms with E-state index in [1.54, 1.807) is 0 Å². The second-order valence-electron chi connectivity index (χ2n) is 7.37. The minimum absolute atomic E-state index is 0.0200. The fourth-order valence-electron chi connectivity index (χ4n) is 3.50. The zero-order chi connectivity index (χ0) is 22.4. The summed E-state index contributed by atoms with van der Waals surface area (Å²) in [6.07, 6.45) is 2.95. The largest absolute Gasteiger partial charge is 0.493 e. The highest BCUT2D eigenvalue weighted by Crippen LogP contribution is 2.31. The van der Waals surface area contributed by atoms with Crippen molar-refractivity contribution in [2.45, 2.75) is 50.7 Å². The van der Waals surface area contributed by atoms with Gasteiger partial charge in [0.15, 0.2) is 12.4 Å². The summed E-state index contributed by atoms with van der Waals surface area (Å²) in [6.45, 7) is -0.477. The van der Waals surface area contributed by atoms with Crippen molar-refractivity contribution >= 4 is 11.9 Å². The zero-order valence-corrected chi connectivity index (χ0v) is 17.1. The van der Waals surface area contributed by atoms with E-state index in [2.05, 4.69) is 10.4 Å². The molecule has 1 aromatic carbocycles. The van der Waals surface area contributed by atoms with Crippen LogP contribution >= 0.6 is 0 Å². The SMILES string of the molecule is COc1cn(-c2cccc(C(F)(F)F)c2)nc1C(=O)OCC(=O)NC1CCCCCC1. The van der Waals surface area contributed by atoms with Gasteiger partial charge in [-0.05, 0) is 31.0 Å². The molecule has 1 amide bonds. The fraction of sp³-hybridized carbons (Fsp3) is 0.476. The first kappa shape index (κ1) is 22.6. The number of hydrogen-bond donors (Lipinski definition) is 1. The number of nitrogens with zero attached hydrogens (tertiary/aromatic N) is 2. The number of amides is 1. The third-order valence-electron chi connectivity index (χ3n) is 5.09. The second kappa shape index (κ2) is 9.84. The van der Waals surface area contributed by atoms with Gasteiger partial charge in [-0.1, -0.05) is 31.7 Å². The first-order chi connectivity index (χ1) is 14.8. The molecule has 1 N–H and O–H groups in total. The van der Waals surface area contributed by atoms with Gasteiger partial charge >= 0.3 is 12.1 Å². The molecule has 0 atom stereocenters. The Hall–Kier alpha value is -3.04. The molecule has 10 heteroatoms. The van der Waals surface area contributed by atoms with Gasteiger partial charge in [-0.3, -0.25) is 4.79 Å². The Morgan fingerprint density at radius 3 is 2.55 bits per heavy atom. The lowest BCUT2D eigenvalue weighted by Gasteiger charge is -2.15. The molecule has 0 saturated heterocycles. The average molecular weight is 439 g/mol. The quantitative estimate of drug-likeness (QED) is 0.545. The van der Waals surface area contributed by atoms with Crippen molar-refractivity contribution in [3.05, 3.63) is 41.7 Å². The molecule has 168 valence electrons. The standard InChI is InChI=1S/C21H24F3N3O4/c1-30-17-12-27(16-10-6-7-14(11-16)21(22,23)24)26-19(17)20(29)31-13-18(28)25-15-8-4-2-3-5-9-15/h6-7,10-12,15H,2-5,8-9,13H2,1H3,(H,25,28). The third-order valence-corrected chi connectivity index (χ3v) is 5.09. The highest BCUT2D eigenvalue weighted by Gasteiger charge is 2.31. The lowest BCUT2D eigenvalue weighted by molar-refractivity contribution is -0.137. The third kappa shape index (κ3) is 5.99. The first-order valence-corrected chi connectivity index (χ1v) is 10.1. The predicted molar refractivity (Wildman–Crippen MR) is 105 cm³/mol. The molecule has 1 fully saturated rings. The van der Waals surface area contributed by atoms with Crippen LogP contribution in [-0.2, 0) is 15.7 Å². The molecule has 1 saturated carbocycles. The van der Waals surface area contributed by atoms with Crippen LogP contribution in [0.4, 0.5) is 13.2 Å². The normalized spacial score (nSPS) is 15.2. The number of carbonyl (C=O) groups is 2. The lowest BCUT2D eigenvalue weighted by Crippen LogP contribution is -2.37. The Kier molecular flexibility index (Phi) is 7.19. The van der Waals surface area contributed by atoms with Crippen LogP contribution in [-0.4, -0.2) is 41.4 Å². The second-order valence-corrected chi connectivity index (χ2v) is 7.37. The van der Waals surface area contributed by atoms with E-state index in [0.29, 0.717) is 0 Å². The summed E-state index contributed by atoms with van der Waals surface area (Å²) in [5.74, 6) is -1.29. The summed E-state index contributed by atoms with van der Waals surface area (Å²) in [5.41, 5.74) is -0.987. The summed E-state index contributed by atoms with van der Waals surface area (Å²) in [6, 6.07) is 4.57. The van der Waals surface area contributed by atoms with Gasteiger partial charge in [0.25, 0.3) is 5.91 Å². The van der Waals surface area contributed by atoms with Gasteiger partial charge in [0.1, 0.15) is 0 Å². The van der Waals surface area contributed by atoms with E-state index >= 15 is 0 Å². The maximum absolute atomic E-state index is 13.0. The number of esters is 1. The van der Waals surface area contributed by atoms with Gasteiger partial charge in [-0.25, -0.2) is 9.48 Å². The minimum atomic E-state index is -4.51. The summed E-state index contributed by atoms with van der Waals surface area (Å²) >= 11 is 0. The van der Waals surface area contributed by atoms with E-state index in [1.807, 2.05) is 0 Å². The number of nitrogens with one attached hydrogen (secondary N) is 1. The molecule has 0 spiro atoms. The average Bonchev–Trinajstić information content (AvgIpc) is 3.02. The van der Waals surface area contributed by atoms with Crippen LogP contribution in [0.5, 0.6) is 5.75 Å². The van der Waals surface area contributed by atoms with Gasteiger partial charge in [0, 0.05) is 6.04 Å². The number of aromatic nitrogens is 2. The van der Waals surface area contributed by atoms with E-state index < -0.39 is 30.2 Å². The monoisotopic (exact) mass is 439 g/mol. The predicted octanol–water partition coefficient (Wildman–Crippen LogP) is 3.90. The number of ether oxygens (including phenoxy) is 2. The molecule has 0 radical (unpaired) electrons. The summed E-state index contributed by atoms with van der Waals surface area (Å²) in [7, 11) is 1.29. The Labute approximate surface area is 177 Å². The van der Waals surface area contributed by atoms with E-state index in [0.717, 1.165) is 55.3 Å². The molecule has 2 aromatic rings. The van der Waals surface area contributed by atoms with Crippen molar-refractivity contribution in [2.75, 3.05) is 13.7 Å². The Bertz CT molecular complexity index is 919. The van der Waals surface area contributed by atoms with Crippen molar-refractivity contribution < 1.29 is 32.2 Å². The molecule has 31 heavy (non-hydrogen) atoms. The van der Waals surface area contributed by atoms with Crippen LogP contribution in [0.3, 0.4) is 0 Å². The lowest BCUT2D eigenvalue weighted by atomic mass is 10.1. The molecule has 0 unspecified atom stereocenters. The molecule has 3 rings (SSSR count). The number of rotatable bonds is 6. The summed E-state index contributed by atoms with van der Waals surface area (Å²) in [4.78, 5) is 24.5. The molecule has 0 bridgehead atoms. The number of hydrogen-bond acceptors (Lipinski definition) is 5. The van der Waals surface area contributed by atoms with Crippen LogP contribution < -0.4 is 10.1 Å². The van der Waals surface area contributed by atoms with Gasteiger partial charge in [-0.15, -0.1) is 0 Å². The van der Waals surface area contributed by atoms with Crippen LogP contribution in [0.1, 0.15) is 54.6 Å². The van der Waals surface area contributed by atoms with E-state index in [4.69, 9.17) is 9.47 Å². The Morgan fingerprint density at radius 2 is 1.90 bits per heavy atom. The molecule has 1 aliphatic carbocycles. The van der Waals surface area contributed by atoms with Crippen molar-refractivity contribution in [1.82, 2.24) is 15.1 Å². The van der Waals surface area contributed by atoms with Gasteiger partial charge in [0.05, 0.1) is 24.6 Å². The first-order valence-electron chi connectivity index (χ1n) is 10.1. The maximum Gasteiger partial charge on any atom is 0.416 e. The van der Waals surface area contributed by atoms with Crippen molar-refractivity contribution in [1.29, 1.82) is 0 Å². The van der Waals surface area contributed by atoms with Crippen molar-refractivity contribution in [2.24, 2.45) is 0 Å². The number of methoxy groups -OCH3 is 1. The van der Waals surface area contributed by atoms with Gasteiger partial charge < -0.3 is 14.8 Å². The van der Waals surface area contributed by atoms with Crippen molar-refractivity contribution in [3.8, 4) is 11.4 Å². The maximum atomic E-state index is 13.0. The molecule has 1 heterocycles. The van der Waals surface area contributed by atoms with Crippen LogP contribution in [0.15, 0.2) is 30.5 Å². The summed E-state index contributed by atoms with van der Waals surface area (Å²) < 4.78 is 50.1. The Balaban J connectivity index is 1.66. The molecule has 1 aliphatic rings. The fourth-order valence-corrected chi connectivity index (χ4v) is 3.50. The van der Waals surface area contributed by atoms with E-state index in [1.165, 1.54) is 25.4 Å². The minimum Gasteiger partial charge on any atom is -0.493 e. The molecule has 1 aromatic heterocycles. The number of halogens is 3. The van der Waals surface area contributed by atoms with Crippen LogP contribution in [0.2, 0.25) is 0 Å². The molecule has 7 nitrogen and oxygen atoms in total. The number of benzene rings is 1. The topological polar surface area (TPSA) is 82.5 Å². The smallest absolute Gasteiger partial charge is 0.416 e. The van der Waals surface area contributed by atoms with Crippen LogP contribution in [0, 0.1) is 0 Å². The zero-order valence-electron chi connectivity index (χ0n) is 17.1. The number of alkyl halides is 3.